The van der Waals surface area contributed by atoms with Gasteiger partial charge >= 0.3 is 6.03 Å². The van der Waals surface area contributed by atoms with E-state index in [1.165, 1.54) is 0 Å². The van der Waals surface area contributed by atoms with Crippen molar-refractivity contribution in [3.63, 3.8) is 0 Å². The first-order valence-corrected chi connectivity index (χ1v) is 7.34. The highest BCUT2D eigenvalue weighted by Crippen LogP contribution is 2.30. The number of imide groups is 1. The number of urea groups is 1. The Bertz CT molecular complexity index is 548. The lowest BCUT2D eigenvalue weighted by Gasteiger charge is -2.39. The van der Waals surface area contributed by atoms with Gasteiger partial charge in [0.1, 0.15) is 5.54 Å². The van der Waals surface area contributed by atoms with Crippen molar-refractivity contribution < 1.29 is 9.59 Å². The maximum absolute atomic E-state index is 12.0. The van der Waals surface area contributed by atoms with E-state index in [1.807, 2.05) is 25.1 Å². The van der Waals surface area contributed by atoms with Crippen LogP contribution in [0, 0.1) is 5.92 Å². The molecular formula is C15H20N4O2. The van der Waals surface area contributed by atoms with E-state index >= 15 is 0 Å². The zero-order valence-electron chi connectivity index (χ0n) is 12.1. The molecule has 1 aromatic heterocycles. The number of rotatable bonds is 3. The first-order valence-electron chi connectivity index (χ1n) is 7.34. The quantitative estimate of drug-likeness (QED) is 0.810. The van der Waals surface area contributed by atoms with Crippen molar-refractivity contribution in [3.05, 3.63) is 30.1 Å². The summed E-state index contributed by atoms with van der Waals surface area (Å²) in [5.74, 6) is -0.0846. The second kappa shape index (κ2) is 5.44. The van der Waals surface area contributed by atoms with E-state index in [9.17, 15) is 9.59 Å². The third kappa shape index (κ3) is 2.76. The van der Waals surface area contributed by atoms with Gasteiger partial charge in [-0.2, -0.15) is 0 Å². The second-order valence-electron chi connectivity index (χ2n) is 6.01. The number of nitrogens with one attached hydrogen (secondary N) is 2. The average molecular weight is 288 g/mol. The van der Waals surface area contributed by atoms with Gasteiger partial charge in [0.25, 0.3) is 5.91 Å². The number of hydrogen-bond acceptors (Lipinski definition) is 4. The fourth-order valence-corrected chi connectivity index (χ4v) is 3.24. The summed E-state index contributed by atoms with van der Waals surface area (Å²) in [7, 11) is 0. The number of hydrogen-bond donors (Lipinski definition) is 2. The van der Waals surface area contributed by atoms with Gasteiger partial charge in [-0.25, -0.2) is 4.79 Å². The molecule has 3 amide bonds. The molecule has 0 spiro atoms. The van der Waals surface area contributed by atoms with Crippen LogP contribution in [-0.4, -0.2) is 40.5 Å². The van der Waals surface area contributed by atoms with E-state index in [1.54, 1.807) is 6.20 Å². The zero-order valence-corrected chi connectivity index (χ0v) is 12.1. The second-order valence-corrected chi connectivity index (χ2v) is 6.01. The topological polar surface area (TPSA) is 74.3 Å². The summed E-state index contributed by atoms with van der Waals surface area (Å²) in [4.78, 5) is 30.1. The molecule has 2 aliphatic heterocycles. The predicted octanol–water partition coefficient (Wildman–Crippen LogP) is 0.892. The molecule has 0 aliphatic carbocycles. The Balaban J connectivity index is 1.68. The predicted molar refractivity (Wildman–Crippen MR) is 77.3 cm³/mol. The lowest BCUT2D eigenvalue weighted by atomic mass is 9.80. The van der Waals surface area contributed by atoms with Crippen LogP contribution >= 0.6 is 0 Å². The molecule has 6 nitrogen and oxygen atoms in total. The van der Waals surface area contributed by atoms with Crippen LogP contribution in [0.1, 0.15) is 25.5 Å². The van der Waals surface area contributed by atoms with Crippen LogP contribution in [0.4, 0.5) is 4.79 Å². The number of aromatic nitrogens is 1. The van der Waals surface area contributed by atoms with Crippen molar-refractivity contribution in [2.45, 2.75) is 31.8 Å². The SMILES string of the molecule is C[C@]1([C@@H]2CCCN(Cc3ccccn3)C2)NC(=O)NC1=O. The molecule has 112 valence electrons. The van der Waals surface area contributed by atoms with Gasteiger partial charge in [-0.3, -0.25) is 20.0 Å². The summed E-state index contributed by atoms with van der Waals surface area (Å²) >= 11 is 0. The molecular weight excluding hydrogens is 268 g/mol. The Kier molecular flexibility index (Phi) is 3.63. The fraction of sp³-hybridized carbons (Fsp3) is 0.533. The number of piperidine rings is 1. The molecule has 2 aliphatic rings. The van der Waals surface area contributed by atoms with E-state index in [0.29, 0.717) is 0 Å². The van der Waals surface area contributed by atoms with Gasteiger partial charge in [0.2, 0.25) is 0 Å². The molecule has 21 heavy (non-hydrogen) atoms. The Morgan fingerprint density at radius 1 is 1.43 bits per heavy atom. The maximum atomic E-state index is 12.0. The van der Waals surface area contributed by atoms with Crippen molar-refractivity contribution in [2.24, 2.45) is 5.92 Å². The lowest BCUT2D eigenvalue weighted by molar-refractivity contribution is -0.126. The van der Waals surface area contributed by atoms with Crippen LogP contribution in [0.15, 0.2) is 24.4 Å². The minimum atomic E-state index is -0.792. The van der Waals surface area contributed by atoms with Gasteiger partial charge in [-0.1, -0.05) is 6.07 Å². The van der Waals surface area contributed by atoms with Gasteiger partial charge in [0.05, 0.1) is 5.69 Å². The van der Waals surface area contributed by atoms with E-state index in [-0.39, 0.29) is 17.9 Å². The smallest absolute Gasteiger partial charge is 0.322 e. The summed E-state index contributed by atoms with van der Waals surface area (Å²) in [6.07, 6.45) is 3.77. The van der Waals surface area contributed by atoms with Crippen LogP contribution < -0.4 is 10.6 Å². The highest BCUT2D eigenvalue weighted by Gasteiger charge is 2.48. The van der Waals surface area contributed by atoms with Gasteiger partial charge in [0.15, 0.2) is 0 Å². The molecule has 2 N–H and O–H groups in total. The number of pyridine rings is 1. The summed E-state index contributed by atoms with van der Waals surface area (Å²) < 4.78 is 0. The molecule has 0 aromatic carbocycles. The van der Waals surface area contributed by atoms with E-state index < -0.39 is 5.54 Å². The van der Waals surface area contributed by atoms with Crippen molar-refractivity contribution in [3.8, 4) is 0 Å². The summed E-state index contributed by atoms with van der Waals surface area (Å²) in [6, 6.07) is 5.51. The normalized spacial score (nSPS) is 30.0. The number of nitrogens with zero attached hydrogens (tertiary/aromatic N) is 2. The summed E-state index contributed by atoms with van der Waals surface area (Å²) in [5.41, 5.74) is 0.239. The minimum absolute atomic E-state index is 0.126. The van der Waals surface area contributed by atoms with Crippen LogP contribution in [0.3, 0.4) is 0 Å². The van der Waals surface area contributed by atoms with Crippen LogP contribution in [0.2, 0.25) is 0 Å². The van der Waals surface area contributed by atoms with Crippen molar-refractivity contribution in [1.29, 1.82) is 0 Å². The largest absolute Gasteiger partial charge is 0.323 e. The van der Waals surface area contributed by atoms with Gasteiger partial charge in [-0.15, -0.1) is 0 Å². The van der Waals surface area contributed by atoms with Gasteiger partial charge in [0, 0.05) is 25.2 Å². The van der Waals surface area contributed by atoms with Crippen LogP contribution in [0.5, 0.6) is 0 Å². The van der Waals surface area contributed by atoms with E-state index in [2.05, 4.69) is 20.5 Å². The monoisotopic (exact) mass is 288 g/mol. The molecule has 2 atom stereocenters. The van der Waals surface area contributed by atoms with Crippen LogP contribution in [-0.2, 0) is 11.3 Å². The number of amides is 3. The fourth-order valence-electron chi connectivity index (χ4n) is 3.24. The average Bonchev–Trinajstić information content (AvgIpc) is 2.74. The molecule has 0 saturated carbocycles. The molecule has 3 heterocycles. The molecule has 2 fully saturated rings. The molecule has 0 unspecified atom stereocenters. The Morgan fingerprint density at radius 2 is 2.29 bits per heavy atom. The Morgan fingerprint density at radius 3 is 2.95 bits per heavy atom. The van der Waals surface area contributed by atoms with Crippen LogP contribution in [0.25, 0.3) is 0 Å². The number of carbonyl (C=O) groups excluding carboxylic acids is 2. The highest BCUT2D eigenvalue weighted by atomic mass is 16.2. The van der Waals surface area contributed by atoms with Crippen molar-refractivity contribution in [2.75, 3.05) is 13.1 Å². The Labute approximate surface area is 123 Å². The third-order valence-corrected chi connectivity index (χ3v) is 4.51. The molecule has 0 bridgehead atoms. The van der Waals surface area contributed by atoms with Gasteiger partial charge < -0.3 is 5.32 Å². The molecule has 6 heteroatoms. The summed E-state index contributed by atoms with van der Waals surface area (Å²) in [6.45, 7) is 4.39. The Hall–Kier alpha value is -1.95. The third-order valence-electron chi connectivity index (χ3n) is 4.51. The van der Waals surface area contributed by atoms with E-state index in [0.717, 1.165) is 38.2 Å². The maximum Gasteiger partial charge on any atom is 0.322 e. The lowest BCUT2D eigenvalue weighted by Crippen LogP contribution is -2.55. The standard InChI is InChI=1S/C15H20N4O2/c1-15(13(20)17-14(21)18-15)11-5-4-8-19(9-11)10-12-6-2-3-7-16-12/h2-3,6-7,11H,4-5,8-10H2,1H3,(H2,17,18,20,21)/t11-,15-/m1/s1. The van der Waals surface area contributed by atoms with Crippen molar-refractivity contribution in [1.82, 2.24) is 20.5 Å². The molecule has 0 radical (unpaired) electrons. The first-order chi connectivity index (χ1) is 10.1. The summed E-state index contributed by atoms with van der Waals surface area (Å²) in [5, 5.41) is 5.14. The highest BCUT2D eigenvalue weighted by molar-refractivity contribution is 6.06. The number of likely N-dealkylation sites (tertiary alicyclic amines) is 1. The van der Waals surface area contributed by atoms with Gasteiger partial charge in [-0.05, 0) is 38.4 Å². The van der Waals surface area contributed by atoms with E-state index in [4.69, 9.17) is 0 Å². The molecule has 3 rings (SSSR count). The zero-order chi connectivity index (χ0) is 14.9. The van der Waals surface area contributed by atoms with Crippen molar-refractivity contribution >= 4 is 11.9 Å². The first kappa shape index (κ1) is 14.0. The molecule has 2 saturated heterocycles. The minimum Gasteiger partial charge on any atom is -0.323 e. The molecule has 1 aromatic rings. The number of carbonyl (C=O) groups is 2.